The molecule has 3 rings (SSSR count). The van der Waals surface area contributed by atoms with Crippen molar-refractivity contribution in [1.82, 2.24) is 24.9 Å². The molecule has 2 heterocycles. The number of hydrogen-bond acceptors (Lipinski definition) is 9. The predicted molar refractivity (Wildman–Crippen MR) is 128 cm³/mol. The number of carbonyl (C=O) groups excluding carboxylic acids is 1. The highest BCUT2D eigenvalue weighted by atomic mass is 16.5. The third-order valence-corrected chi connectivity index (χ3v) is 4.89. The fourth-order valence-corrected chi connectivity index (χ4v) is 3.09. The van der Waals surface area contributed by atoms with Gasteiger partial charge < -0.3 is 14.0 Å². The van der Waals surface area contributed by atoms with E-state index in [1.165, 1.54) is 12.3 Å². The van der Waals surface area contributed by atoms with Crippen molar-refractivity contribution in [3.8, 4) is 17.3 Å². The minimum Gasteiger partial charge on any atom is -0.454 e. The Balaban J connectivity index is 1.71. The molecular formula is C24H30N6O4. The van der Waals surface area contributed by atoms with Gasteiger partial charge in [0, 0.05) is 37.9 Å². The van der Waals surface area contributed by atoms with Crippen molar-refractivity contribution in [3.05, 3.63) is 53.5 Å². The van der Waals surface area contributed by atoms with E-state index < -0.39 is 6.10 Å². The van der Waals surface area contributed by atoms with E-state index in [0.717, 1.165) is 17.5 Å². The molecule has 0 bridgehead atoms. The van der Waals surface area contributed by atoms with Crippen molar-refractivity contribution in [2.24, 2.45) is 12.1 Å². The minimum absolute atomic E-state index is 0.271. The molecule has 34 heavy (non-hydrogen) atoms. The molecule has 10 nitrogen and oxygen atoms in total. The molecule has 0 amide bonds. The summed E-state index contributed by atoms with van der Waals surface area (Å²) in [6.07, 6.45) is 4.07. The second-order valence-electron chi connectivity index (χ2n) is 7.81. The van der Waals surface area contributed by atoms with Crippen molar-refractivity contribution < 1.29 is 18.8 Å². The molecule has 0 radical (unpaired) electrons. The average Bonchev–Trinajstić information content (AvgIpc) is 3.45. The number of aryl methyl sites for hydroxylation is 1. The van der Waals surface area contributed by atoms with Crippen LogP contribution in [0.3, 0.4) is 0 Å². The molecule has 0 spiro atoms. The average molecular weight is 467 g/mol. The molecule has 0 aliphatic heterocycles. The van der Waals surface area contributed by atoms with Gasteiger partial charge in [-0.25, -0.2) is 0 Å². The summed E-state index contributed by atoms with van der Waals surface area (Å²) in [4.78, 5) is 11.2. The molecular weight excluding hydrogens is 436 g/mol. The van der Waals surface area contributed by atoms with Crippen LogP contribution in [0.5, 0.6) is 6.01 Å². The smallest absolute Gasteiger partial charge is 0.317 e. The lowest BCUT2D eigenvalue weighted by molar-refractivity contribution is -0.104. The Morgan fingerprint density at radius 3 is 2.88 bits per heavy atom. The van der Waals surface area contributed by atoms with Crippen LogP contribution < -0.4 is 4.74 Å². The highest BCUT2D eigenvalue weighted by molar-refractivity contribution is 6.11. The van der Waals surface area contributed by atoms with Crippen LogP contribution in [-0.4, -0.2) is 57.8 Å². The molecule has 180 valence electrons. The van der Waals surface area contributed by atoms with Crippen molar-refractivity contribution in [3.63, 3.8) is 0 Å². The Morgan fingerprint density at radius 2 is 2.15 bits per heavy atom. The molecule has 0 aliphatic rings. The van der Waals surface area contributed by atoms with Gasteiger partial charge in [0.1, 0.15) is 24.8 Å². The zero-order chi connectivity index (χ0) is 24.5. The van der Waals surface area contributed by atoms with E-state index in [1.54, 1.807) is 23.7 Å². The zero-order valence-corrected chi connectivity index (χ0v) is 20.1. The number of nitrogens with zero attached hydrogens (tertiary/aromatic N) is 6. The van der Waals surface area contributed by atoms with Gasteiger partial charge in [0.25, 0.3) is 0 Å². The van der Waals surface area contributed by atoms with Crippen LogP contribution in [0.15, 0.2) is 46.0 Å². The van der Waals surface area contributed by atoms with Crippen molar-refractivity contribution in [2.75, 3.05) is 20.4 Å². The SMILES string of the molecule is CCCOCN(C)/N=C\C(=C/C=O)c1nnc(OC(C)c2cc(-c3cccc(C)c3)on2)n1C. The number of rotatable bonds is 12. The minimum atomic E-state index is -0.438. The van der Waals surface area contributed by atoms with Crippen LogP contribution in [0.25, 0.3) is 16.9 Å². The monoisotopic (exact) mass is 466 g/mol. The number of aldehydes is 1. The first kappa shape index (κ1) is 24.8. The first-order valence-corrected chi connectivity index (χ1v) is 11.0. The number of aromatic nitrogens is 4. The Kier molecular flexibility index (Phi) is 8.69. The van der Waals surface area contributed by atoms with Crippen LogP contribution in [0.1, 0.15) is 43.5 Å². The fourth-order valence-electron chi connectivity index (χ4n) is 3.09. The summed E-state index contributed by atoms with van der Waals surface area (Å²) >= 11 is 0. The fraction of sp³-hybridized carbons (Fsp3) is 0.375. The van der Waals surface area contributed by atoms with Crippen molar-refractivity contribution in [1.29, 1.82) is 0 Å². The molecule has 3 aromatic rings. The third-order valence-electron chi connectivity index (χ3n) is 4.89. The first-order chi connectivity index (χ1) is 16.4. The lowest BCUT2D eigenvalue weighted by atomic mass is 10.1. The summed E-state index contributed by atoms with van der Waals surface area (Å²) in [6, 6.07) is 10.1. The molecule has 0 N–H and O–H groups in total. The highest BCUT2D eigenvalue weighted by Gasteiger charge is 2.19. The van der Waals surface area contributed by atoms with Crippen LogP contribution in [-0.2, 0) is 16.6 Å². The van der Waals surface area contributed by atoms with E-state index in [9.17, 15) is 4.79 Å². The standard InChI is InChI=1S/C24H30N6O4/c1-6-12-32-16-29(4)25-15-20(10-11-31)23-26-27-24(30(23)5)33-18(3)21-14-22(34-28-21)19-9-7-8-17(2)13-19/h7-11,13-15,18H,6,12,16H2,1-5H3/b20-10+,25-15-. The molecule has 10 heteroatoms. The largest absolute Gasteiger partial charge is 0.454 e. The Labute approximate surface area is 198 Å². The van der Waals surface area contributed by atoms with Gasteiger partial charge in [0.2, 0.25) is 0 Å². The summed E-state index contributed by atoms with van der Waals surface area (Å²) in [5, 5.41) is 18.4. The highest BCUT2D eigenvalue weighted by Crippen LogP contribution is 2.26. The molecule has 1 atom stereocenters. The van der Waals surface area contributed by atoms with Crippen LogP contribution >= 0.6 is 0 Å². The van der Waals surface area contributed by atoms with E-state index in [4.69, 9.17) is 14.0 Å². The number of carbonyl (C=O) groups is 1. The van der Waals surface area contributed by atoms with Crippen LogP contribution in [0, 0.1) is 6.92 Å². The Bertz CT molecular complexity index is 1150. The molecule has 1 unspecified atom stereocenters. The quantitative estimate of drug-likeness (QED) is 0.0990. The molecule has 0 aliphatic carbocycles. The lowest BCUT2D eigenvalue weighted by Gasteiger charge is -2.13. The number of benzene rings is 1. The number of allylic oxidation sites excluding steroid dienone is 2. The van der Waals surface area contributed by atoms with E-state index >= 15 is 0 Å². The lowest BCUT2D eigenvalue weighted by Crippen LogP contribution is -2.16. The summed E-state index contributed by atoms with van der Waals surface area (Å²) in [5.41, 5.74) is 3.19. The van der Waals surface area contributed by atoms with Gasteiger partial charge >= 0.3 is 6.01 Å². The summed E-state index contributed by atoms with van der Waals surface area (Å²) in [7, 11) is 3.53. The second kappa shape index (κ2) is 11.9. The van der Waals surface area contributed by atoms with Gasteiger partial charge in [0.05, 0.1) is 6.21 Å². The zero-order valence-electron chi connectivity index (χ0n) is 20.1. The third kappa shape index (κ3) is 6.38. The Hall–Kier alpha value is -3.79. The second-order valence-corrected chi connectivity index (χ2v) is 7.81. The maximum Gasteiger partial charge on any atom is 0.317 e. The first-order valence-electron chi connectivity index (χ1n) is 11.0. The van der Waals surface area contributed by atoms with E-state index in [2.05, 4.69) is 20.5 Å². The topological polar surface area (TPSA) is 108 Å². The van der Waals surface area contributed by atoms with Gasteiger partial charge in [-0.3, -0.25) is 14.4 Å². The number of hydrazone groups is 1. The molecule has 0 saturated heterocycles. The number of ether oxygens (including phenoxy) is 2. The normalized spacial score (nSPS) is 12.8. The molecule has 0 saturated carbocycles. The van der Waals surface area contributed by atoms with Crippen molar-refractivity contribution in [2.45, 2.75) is 33.3 Å². The number of hydrogen-bond donors (Lipinski definition) is 0. The van der Waals surface area contributed by atoms with Gasteiger partial charge in [-0.2, -0.15) is 5.10 Å². The van der Waals surface area contributed by atoms with Crippen molar-refractivity contribution >= 4 is 18.1 Å². The van der Waals surface area contributed by atoms with Gasteiger partial charge in [-0.05, 0) is 32.4 Å². The van der Waals surface area contributed by atoms with Crippen LogP contribution in [0.2, 0.25) is 0 Å². The van der Waals surface area contributed by atoms with Crippen LogP contribution in [0.4, 0.5) is 0 Å². The summed E-state index contributed by atoms with van der Waals surface area (Å²) in [5.74, 6) is 1.09. The predicted octanol–water partition coefficient (Wildman–Crippen LogP) is 3.80. The summed E-state index contributed by atoms with van der Waals surface area (Å²) < 4.78 is 18.6. The van der Waals surface area contributed by atoms with E-state index in [0.29, 0.717) is 42.5 Å². The summed E-state index contributed by atoms with van der Waals surface area (Å²) in [6.45, 7) is 6.90. The van der Waals surface area contributed by atoms with Gasteiger partial charge in [-0.1, -0.05) is 40.9 Å². The molecule has 1 aromatic carbocycles. The molecule has 2 aromatic heterocycles. The maximum absolute atomic E-state index is 11.2. The maximum atomic E-state index is 11.2. The van der Waals surface area contributed by atoms with Gasteiger partial charge in [0.15, 0.2) is 11.6 Å². The Morgan fingerprint density at radius 1 is 1.32 bits per heavy atom. The van der Waals surface area contributed by atoms with Gasteiger partial charge in [-0.15, -0.1) is 5.10 Å². The molecule has 0 fully saturated rings. The van der Waals surface area contributed by atoms with E-state index in [-0.39, 0.29) is 6.01 Å². The van der Waals surface area contributed by atoms with E-state index in [1.807, 2.05) is 51.1 Å².